The molecule has 9 rings (SSSR count). The molecule has 4 aliphatic rings. The maximum absolute atomic E-state index is 14.9. The number of rotatable bonds is 8. The molecule has 47 heavy (non-hydrogen) atoms. The molecule has 3 fully saturated rings. The first-order valence-electron chi connectivity index (χ1n) is 16.5. The molecular weight excluding hydrogens is 621 g/mol. The number of fused-ring (bicyclic) bond motifs is 2. The van der Waals surface area contributed by atoms with E-state index in [4.69, 9.17) is 35.8 Å². The first kappa shape index (κ1) is 29.1. The van der Waals surface area contributed by atoms with E-state index in [1.54, 1.807) is 19.1 Å². The summed E-state index contributed by atoms with van der Waals surface area (Å²) in [7, 11) is 0. The molecule has 2 atom stereocenters. The van der Waals surface area contributed by atoms with Crippen LogP contribution in [-0.4, -0.2) is 60.4 Å². The van der Waals surface area contributed by atoms with Gasteiger partial charge < -0.3 is 23.8 Å². The van der Waals surface area contributed by atoms with Gasteiger partial charge in [-0.05, 0) is 81.4 Å². The molecule has 2 aromatic carbocycles. The van der Waals surface area contributed by atoms with Gasteiger partial charge in [0.1, 0.15) is 23.2 Å². The Labute approximate surface area is 276 Å². The van der Waals surface area contributed by atoms with E-state index in [1.807, 2.05) is 24.4 Å². The Hall–Kier alpha value is -4.06. The predicted molar refractivity (Wildman–Crippen MR) is 173 cm³/mol. The fourth-order valence-corrected chi connectivity index (χ4v) is 7.29. The van der Waals surface area contributed by atoms with E-state index < -0.39 is 11.6 Å². The number of aromatic nitrogens is 6. The number of nitrogens with zero attached hydrogens (tertiary/aromatic N) is 6. The van der Waals surface area contributed by atoms with E-state index in [0.717, 1.165) is 98.8 Å². The lowest BCUT2D eigenvalue weighted by atomic mass is 9.88. The Kier molecular flexibility index (Phi) is 6.99. The van der Waals surface area contributed by atoms with Gasteiger partial charge >= 0.3 is 0 Å². The van der Waals surface area contributed by atoms with Crippen molar-refractivity contribution in [3.8, 4) is 23.0 Å². The summed E-state index contributed by atoms with van der Waals surface area (Å²) in [6.07, 6.45) is 7.39. The van der Waals surface area contributed by atoms with E-state index in [2.05, 4.69) is 30.7 Å². The second-order valence-electron chi connectivity index (χ2n) is 13.3. The number of benzene rings is 2. The minimum absolute atomic E-state index is 0.196. The number of H-pyrrole nitrogens is 1. The van der Waals surface area contributed by atoms with Crippen molar-refractivity contribution in [2.24, 2.45) is 0 Å². The molecule has 1 N–H and O–H groups in total. The fourth-order valence-electron chi connectivity index (χ4n) is 7.13. The second kappa shape index (κ2) is 11.3. The predicted octanol–water partition coefficient (Wildman–Crippen LogP) is 6.70. The largest absolute Gasteiger partial charge is 0.444 e. The van der Waals surface area contributed by atoms with E-state index in [-0.39, 0.29) is 6.10 Å². The van der Waals surface area contributed by atoms with Crippen LogP contribution in [0.2, 0.25) is 5.02 Å². The molecular formula is C35H35ClFN7O3. The van der Waals surface area contributed by atoms with Crippen LogP contribution in [0.15, 0.2) is 48.7 Å². The first-order valence-corrected chi connectivity index (χ1v) is 16.9. The Morgan fingerprint density at radius 3 is 2.64 bits per heavy atom. The molecule has 5 aromatic rings. The van der Waals surface area contributed by atoms with Crippen LogP contribution in [0.1, 0.15) is 73.6 Å². The number of aromatic amines is 1. The van der Waals surface area contributed by atoms with Crippen LogP contribution < -0.4 is 9.47 Å². The highest BCUT2D eigenvalue weighted by atomic mass is 35.5. The zero-order valence-electron chi connectivity index (χ0n) is 26.1. The molecule has 0 bridgehead atoms. The van der Waals surface area contributed by atoms with Crippen LogP contribution in [0.4, 0.5) is 4.39 Å². The lowest BCUT2D eigenvalue weighted by Crippen LogP contribution is -2.35. The molecule has 1 saturated carbocycles. The van der Waals surface area contributed by atoms with Crippen molar-refractivity contribution in [3.63, 3.8) is 0 Å². The van der Waals surface area contributed by atoms with Gasteiger partial charge in [0.15, 0.2) is 17.3 Å². The highest BCUT2D eigenvalue weighted by Crippen LogP contribution is 2.50. The van der Waals surface area contributed by atoms with Gasteiger partial charge in [-0.2, -0.15) is 0 Å². The van der Waals surface area contributed by atoms with Crippen LogP contribution >= 0.6 is 11.6 Å². The maximum atomic E-state index is 14.9. The zero-order valence-corrected chi connectivity index (χ0v) is 26.8. The third-order valence-electron chi connectivity index (χ3n) is 10.0. The number of likely N-dealkylation sites (tertiary alicyclic amines) is 1. The summed E-state index contributed by atoms with van der Waals surface area (Å²) in [6.45, 7) is 5.88. The van der Waals surface area contributed by atoms with Gasteiger partial charge in [0.05, 0.1) is 42.0 Å². The van der Waals surface area contributed by atoms with Gasteiger partial charge in [-0.3, -0.25) is 9.88 Å². The summed E-state index contributed by atoms with van der Waals surface area (Å²) in [6, 6.07) is 12.6. The SMILES string of the molecule is C[C@]1(c2ccc(Cl)cc2F)Oc2cccc(C3CCN(Cc4nc5cc(-c6nnc(C7CC7)[nH]6)ncc5n4C[C@@H]4CCO4)CC3)c2O1. The number of nitrogens with one attached hydrogen (secondary N) is 1. The Morgan fingerprint density at radius 2 is 1.87 bits per heavy atom. The molecule has 3 aromatic heterocycles. The summed E-state index contributed by atoms with van der Waals surface area (Å²) in [5.41, 5.74) is 4.09. The highest BCUT2D eigenvalue weighted by molar-refractivity contribution is 6.30. The van der Waals surface area contributed by atoms with E-state index in [0.29, 0.717) is 39.7 Å². The monoisotopic (exact) mass is 655 g/mol. The van der Waals surface area contributed by atoms with Crippen LogP contribution in [0.5, 0.6) is 11.5 Å². The summed E-state index contributed by atoms with van der Waals surface area (Å²) in [5.74, 6) is 3.06. The topological polar surface area (TPSA) is 103 Å². The molecule has 242 valence electrons. The molecule has 6 heterocycles. The molecule has 2 saturated heterocycles. The minimum Gasteiger partial charge on any atom is -0.444 e. The van der Waals surface area contributed by atoms with Crippen LogP contribution in [-0.2, 0) is 23.6 Å². The van der Waals surface area contributed by atoms with Gasteiger partial charge in [0.25, 0.3) is 5.79 Å². The molecule has 3 aliphatic heterocycles. The van der Waals surface area contributed by atoms with Gasteiger partial charge in [-0.25, -0.2) is 9.37 Å². The maximum Gasteiger partial charge on any atom is 0.278 e. The van der Waals surface area contributed by atoms with Crippen molar-refractivity contribution in [1.29, 1.82) is 0 Å². The lowest BCUT2D eigenvalue weighted by molar-refractivity contribution is -0.0712. The molecule has 0 unspecified atom stereocenters. The van der Waals surface area contributed by atoms with E-state index in [9.17, 15) is 4.39 Å². The number of imidazole rings is 1. The van der Waals surface area contributed by atoms with E-state index in [1.165, 1.54) is 6.07 Å². The van der Waals surface area contributed by atoms with Crippen LogP contribution in [0.3, 0.4) is 0 Å². The molecule has 0 spiro atoms. The average Bonchev–Trinajstić information content (AvgIpc) is 3.50. The number of hydrogen-bond donors (Lipinski definition) is 1. The average molecular weight is 656 g/mol. The number of para-hydroxylation sites is 1. The van der Waals surface area contributed by atoms with Crippen LogP contribution in [0.25, 0.3) is 22.6 Å². The molecule has 10 nitrogen and oxygen atoms in total. The third-order valence-corrected chi connectivity index (χ3v) is 10.3. The van der Waals surface area contributed by atoms with Crippen molar-refractivity contribution >= 4 is 22.6 Å². The highest BCUT2D eigenvalue weighted by Gasteiger charge is 2.43. The smallest absolute Gasteiger partial charge is 0.278 e. The number of pyridine rings is 1. The third kappa shape index (κ3) is 5.34. The van der Waals surface area contributed by atoms with Gasteiger partial charge in [0.2, 0.25) is 0 Å². The van der Waals surface area contributed by atoms with Gasteiger partial charge in [-0.15, -0.1) is 10.2 Å². The zero-order chi connectivity index (χ0) is 31.7. The summed E-state index contributed by atoms with van der Waals surface area (Å²) < 4.78 is 35.6. The number of piperidine rings is 1. The van der Waals surface area contributed by atoms with Crippen molar-refractivity contribution in [2.75, 3.05) is 19.7 Å². The Bertz CT molecular complexity index is 1980. The molecule has 1 aliphatic carbocycles. The quantitative estimate of drug-likeness (QED) is 0.197. The molecule has 12 heteroatoms. The molecule has 0 radical (unpaired) electrons. The van der Waals surface area contributed by atoms with Crippen molar-refractivity contribution in [3.05, 3.63) is 82.3 Å². The van der Waals surface area contributed by atoms with Crippen molar-refractivity contribution in [2.45, 2.75) is 75.8 Å². The fraction of sp³-hybridized carbons (Fsp3) is 0.429. The second-order valence-corrected chi connectivity index (χ2v) is 13.7. The minimum atomic E-state index is -1.27. The Balaban J connectivity index is 0.926. The summed E-state index contributed by atoms with van der Waals surface area (Å²) >= 11 is 6.00. The number of halogens is 2. The van der Waals surface area contributed by atoms with Crippen molar-refractivity contribution in [1.82, 2.24) is 34.6 Å². The standard InChI is InChI=1S/C35H35ClFN7O3/c1-35(25-8-7-22(36)15-26(25)37)46-30-4-2-3-24(32(30)47-35)20-9-12-43(13-10-20)19-31-39-27-16-28(34-40-33(41-42-34)21-5-6-21)38-17-29(27)44(31)18-23-11-14-45-23/h2-4,7-8,15-17,20-21,23H,5-6,9-14,18-19H2,1H3,(H,40,41,42)/t23-,35-/m0/s1. The summed E-state index contributed by atoms with van der Waals surface area (Å²) in [5, 5.41) is 9.03. The Morgan fingerprint density at radius 1 is 1.02 bits per heavy atom. The first-order chi connectivity index (χ1) is 22.9. The van der Waals surface area contributed by atoms with Crippen LogP contribution in [0, 0.1) is 5.82 Å². The molecule has 0 amide bonds. The summed E-state index contributed by atoms with van der Waals surface area (Å²) in [4.78, 5) is 15.7. The van der Waals surface area contributed by atoms with Crippen molar-refractivity contribution < 1.29 is 18.6 Å². The van der Waals surface area contributed by atoms with Gasteiger partial charge in [-0.1, -0.05) is 23.7 Å². The number of ether oxygens (including phenoxy) is 3. The van der Waals surface area contributed by atoms with E-state index >= 15 is 0 Å². The number of hydrogen-bond acceptors (Lipinski definition) is 8. The normalized spacial score (nSPS) is 23.0. The van der Waals surface area contributed by atoms with Gasteiger partial charge in [0, 0.05) is 30.0 Å². The lowest BCUT2D eigenvalue weighted by Gasteiger charge is -2.33.